The van der Waals surface area contributed by atoms with E-state index in [1.54, 1.807) is 0 Å². The minimum absolute atomic E-state index is 0.559. The Kier molecular flexibility index (Phi) is 6.75. The van der Waals surface area contributed by atoms with E-state index >= 15 is 0 Å². The Morgan fingerprint density at radius 2 is 1.90 bits per heavy atom. The number of hydrogen-bond acceptors (Lipinski definition) is 2. The van der Waals surface area contributed by atoms with Gasteiger partial charge in [0.2, 0.25) is 0 Å². The molecule has 0 amide bonds. The summed E-state index contributed by atoms with van der Waals surface area (Å²) in [5.41, 5.74) is 1.19. The molecule has 1 heterocycles. The number of nitrogens with zero attached hydrogens (tertiary/aromatic N) is 2. The van der Waals surface area contributed by atoms with Crippen molar-refractivity contribution in [3.05, 3.63) is 18.0 Å². The van der Waals surface area contributed by atoms with E-state index in [-0.39, 0.29) is 0 Å². The van der Waals surface area contributed by atoms with Crippen molar-refractivity contribution in [1.29, 1.82) is 0 Å². The predicted octanol–water partition coefficient (Wildman–Crippen LogP) is 4.69. The lowest BCUT2D eigenvalue weighted by atomic mass is 9.83. The molecule has 1 aromatic heterocycles. The highest BCUT2D eigenvalue weighted by molar-refractivity contribution is 5.00. The van der Waals surface area contributed by atoms with Gasteiger partial charge in [-0.2, -0.15) is 5.10 Å². The average Bonchev–Trinajstić information content (AvgIpc) is 2.97. The van der Waals surface area contributed by atoms with Crippen molar-refractivity contribution in [2.45, 2.75) is 90.8 Å². The Hall–Kier alpha value is -0.830. The molecule has 0 aliphatic heterocycles. The van der Waals surface area contributed by atoms with Gasteiger partial charge in [-0.3, -0.25) is 4.68 Å². The molecule has 1 fully saturated rings. The molecule has 0 spiro atoms. The van der Waals surface area contributed by atoms with Crippen LogP contribution in [0.3, 0.4) is 0 Å². The topological polar surface area (TPSA) is 29.9 Å². The van der Waals surface area contributed by atoms with E-state index in [1.165, 1.54) is 44.2 Å². The molecule has 1 aliphatic carbocycles. The molecule has 3 nitrogen and oxygen atoms in total. The number of hydrogen-bond donors (Lipinski definition) is 1. The molecule has 1 saturated carbocycles. The number of nitrogens with one attached hydrogen (secondary N) is 1. The van der Waals surface area contributed by atoms with Crippen LogP contribution in [0.4, 0.5) is 0 Å². The summed E-state index contributed by atoms with van der Waals surface area (Å²) in [6, 6.07) is 3.44. The van der Waals surface area contributed by atoms with Crippen molar-refractivity contribution in [3.63, 3.8) is 0 Å². The molecule has 0 bridgehead atoms. The van der Waals surface area contributed by atoms with Gasteiger partial charge in [-0.25, -0.2) is 0 Å². The molecule has 120 valence electrons. The van der Waals surface area contributed by atoms with Gasteiger partial charge in [-0.1, -0.05) is 33.6 Å². The van der Waals surface area contributed by atoms with Crippen LogP contribution in [0.2, 0.25) is 0 Å². The minimum Gasteiger partial charge on any atom is -0.308 e. The van der Waals surface area contributed by atoms with Crippen LogP contribution in [-0.2, 0) is 6.54 Å². The Morgan fingerprint density at radius 1 is 1.19 bits per heavy atom. The van der Waals surface area contributed by atoms with E-state index in [0.717, 1.165) is 25.3 Å². The number of rotatable bonds is 8. The summed E-state index contributed by atoms with van der Waals surface area (Å²) in [6.07, 6.45) is 12.7. The van der Waals surface area contributed by atoms with Crippen molar-refractivity contribution < 1.29 is 0 Å². The first-order valence-electron chi connectivity index (χ1n) is 9.04. The molecule has 0 atom stereocenters. The molecule has 2 rings (SSSR count). The summed E-state index contributed by atoms with van der Waals surface area (Å²) < 4.78 is 2.15. The Balaban J connectivity index is 1.74. The van der Waals surface area contributed by atoms with Crippen LogP contribution in [0.1, 0.15) is 83.9 Å². The second-order valence-electron chi connectivity index (χ2n) is 6.64. The normalized spacial score (nSPS) is 22.9. The lowest BCUT2D eigenvalue weighted by Crippen LogP contribution is -2.32. The van der Waals surface area contributed by atoms with Crippen LogP contribution >= 0.6 is 0 Å². The SMILES string of the molecule is CCCC1CCC(NCc2ccn(C(CC)CC)n2)CC1. The van der Waals surface area contributed by atoms with Gasteiger partial charge in [0.15, 0.2) is 0 Å². The van der Waals surface area contributed by atoms with Crippen molar-refractivity contribution in [2.75, 3.05) is 0 Å². The second kappa shape index (κ2) is 8.57. The molecule has 1 N–H and O–H groups in total. The van der Waals surface area contributed by atoms with E-state index in [4.69, 9.17) is 5.10 Å². The van der Waals surface area contributed by atoms with E-state index in [9.17, 15) is 0 Å². The third-order valence-electron chi connectivity index (χ3n) is 5.10. The second-order valence-corrected chi connectivity index (χ2v) is 6.64. The third kappa shape index (κ3) is 4.84. The van der Waals surface area contributed by atoms with Crippen LogP contribution in [0.5, 0.6) is 0 Å². The molecule has 0 radical (unpaired) electrons. The first-order valence-corrected chi connectivity index (χ1v) is 9.04. The van der Waals surface area contributed by atoms with Crippen LogP contribution < -0.4 is 5.32 Å². The zero-order valence-electron chi connectivity index (χ0n) is 14.1. The smallest absolute Gasteiger partial charge is 0.0762 e. The fraction of sp³-hybridized carbons (Fsp3) is 0.833. The van der Waals surface area contributed by atoms with Crippen LogP contribution in [-0.4, -0.2) is 15.8 Å². The largest absolute Gasteiger partial charge is 0.308 e. The summed E-state index contributed by atoms with van der Waals surface area (Å²) in [5, 5.41) is 8.45. The molecule has 0 unspecified atom stereocenters. The maximum atomic E-state index is 4.74. The molecule has 0 aromatic carbocycles. The molecule has 1 aromatic rings. The molecule has 21 heavy (non-hydrogen) atoms. The first kappa shape index (κ1) is 16.5. The minimum atomic E-state index is 0.559. The summed E-state index contributed by atoms with van der Waals surface area (Å²) >= 11 is 0. The predicted molar refractivity (Wildman–Crippen MR) is 89.3 cm³/mol. The lowest BCUT2D eigenvalue weighted by Gasteiger charge is -2.28. The third-order valence-corrected chi connectivity index (χ3v) is 5.10. The maximum Gasteiger partial charge on any atom is 0.0762 e. The van der Waals surface area contributed by atoms with Gasteiger partial charge in [0.25, 0.3) is 0 Å². The Bertz CT molecular complexity index is 387. The zero-order valence-corrected chi connectivity index (χ0v) is 14.1. The van der Waals surface area contributed by atoms with Gasteiger partial charge in [0, 0.05) is 18.8 Å². The first-order chi connectivity index (χ1) is 10.3. The summed E-state index contributed by atoms with van der Waals surface area (Å²) in [6.45, 7) is 7.71. The number of aromatic nitrogens is 2. The van der Waals surface area contributed by atoms with Crippen LogP contribution in [0, 0.1) is 5.92 Å². The van der Waals surface area contributed by atoms with Gasteiger partial charge < -0.3 is 5.32 Å². The molecule has 0 saturated heterocycles. The Labute approximate surface area is 130 Å². The van der Waals surface area contributed by atoms with Gasteiger partial charge in [-0.15, -0.1) is 0 Å². The molecular weight excluding hydrogens is 258 g/mol. The van der Waals surface area contributed by atoms with E-state index in [2.05, 4.69) is 43.0 Å². The van der Waals surface area contributed by atoms with Crippen LogP contribution in [0.25, 0.3) is 0 Å². The summed E-state index contributed by atoms with van der Waals surface area (Å²) in [5.74, 6) is 0.988. The molecule has 3 heteroatoms. The molecule has 1 aliphatic rings. The summed E-state index contributed by atoms with van der Waals surface area (Å²) in [4.78, 5) is 0. The van der Waals surface area contributed by atoms with E-state index < -0.39 is 0 Å². The van der Waals surface area contributed by atoms with Crippen molar-refractivity contribution in [1.82, 2.24) is 15.1 Å². The van der Waals surface area contributed by atoms with Gasteiger partial charge in [-0.05, 0) is 50.5 Å². The van der Waals surface area contributed by atoms with Crippen molar-refractivity contribution in [2.24, 2.45) is 5.92 Å². The standard InChI is InChI=1S/C18H33N3/c1-4-7-15-8-10-16(11-9-15)19-14-17-12-13-21(20-17)18(5-2)6-3/h12-13,15-16,18-19H,4-11,14H2,1-3H3. The van der Waals surface area contributed by atoms with E-state index in [1.807, 2.05) is 0 Å². The maximum absolute atomic E-state index is 4.74. The highest BCUT2D eigenvalue weighted by atomic mass is 15.3. The van der Waals surface area contributed by atoms with E-state index in [0.29, 0.717) is 12.1 Å². The van der Waals surface area contributed by atoms with Gasteiger partial charge in [0.05, 0.1) is 11.7 Å². The van der Waals surface area contributed by atoms with Crippen molar-refractivity contribution in [3.8, 4) is 0 Å². The van der Waals surface area contributed by atoms with Crippen molar-refractivity contribution >= 4 is 0 Å². The average molecular weight is 291 g/mol. The fourth-order valence-corrected chi connectivity index (χ4v) is 3.65. The van der Waals surface area contributed by atoms with Gasteiger partial charge >= 0.3 is 0 Å². The Morgan fingerprint density at radius 3 is 2.52 bits per heavy atom. The lowest BCUT2D eigenvalue weighted by molar-refractivity contribution is 0.277. The van der Waals surface area contributed by atoms with Gasteiger partial charge in [0.1, 0.15) is 0 Å². The quantitative estimate of drug-likeness (QED) is 0.753. The fourth-order valence-electron chi connectivity index (χ4n) is 3.65. The highest BCUT2D eigenvalue weighted by Gasteiger charge is 2.20. The summed E-state index contributed by atoms with van der Waals surface area (Å²) in [7, 11) is 0. The molecular formula is C18H33N3. The monoisotopic (exact) mass is 291 g/mol. The van der Waals surface area contributed by atoms with Crippen LogP contribution in [0.15, 0.2) is 12.3 Å². The zero-order chi connectivity index (χ0) is 15.1. The highest BCUT2D eigenvalue weighted by Crippen LogP contribution is 2.27.